The Morgan fingerprint density at radius 3 is 2.26 bits per heavy atom. The van der Waals surface area contributed by atoms with Crippen LogP contribution >= 0.6 is 11.6 Å². The number of ether oxygens (including phenoxy) is 4. The lowest BCUT2D eigenvalue weighted by Crippen LogP contribution is -2.41. The third kappa shape index (κ3) is 7.41. The maximum atomic E-state index is 12.7. The fraction of sp³-hybridized carbons (Fsp3) is 0.435. The zero-order chi connectivity index (χ0) is 27.9. The van der Waals surface area contributed by atoms with Crippen molar-refractivity contribution in [3.05, 3.63) is 41.4 Å². The lowest BCUT2D eigenvalue weighted by atomic mass is 10.2. The molecule has 0 aliphatic carbocycles. The molecule has 1 aliphatic heterocycles. The first-order chi connectivity index (χ1) is 18.0. The van der Waals surface area contributed by atoms with Crippen molar-refractivity contribution >= 4 is 43.2 Å². The summed E-state index contributed by atoms with van der Waals surface area (Å²) >= 11 is 6.10. The predicted molar refractivity (Wildman–Crippen MR) is 141 cm³/mol. The standard InChI is InChI=1S/C23H30ClN3O9S2/c1-33-21-15-20(22(34-2)14-19(21)24)27(37(3,29)30)16-23(28)25-8-11-36-17-4-6-18(7-5-17)38(31,32)26-9-12-35-13-10-26/h4-7,14-15H,8-13,16H2,1-3H3,(H,25,28). The molecule has 0 aromatic heterocycles. The summed E-state index contributed by atoms with van der Waals surface area (Å²) < 4.78 is 73.8. The topological polar surface area (TPSA) is 141 Å². The summed E-state index contributed by atoms with van der Waals surface area (Å²) in [6, 6.07) is 8.74. The van der Waals surface area contributed by atoms with Gasteiger partial charge in [0.25, 0.3) is 0 Å². The van der Waals surface area contributed by atoms with Crippen LogP contribution in [0.5, 0.6) is 17.2 Å². The molecule has 0 saturated carbocycles. The average Bonchev–Trinajstić information content (AvgIpc) is 2.90. The second-order valence-corrected chi connectivity index (χ2v) is 12.4. The molecule has 0 spiro atoms. The molecule has 12 nitrogen and oxygen atoms in total. The Balaban J connectivity index is 1.57. The SMILES string of the molecule is COc1cc(N(CC(=O)NCCOc2ccc(S(=O)(=O)N3CCOCC3)cc2)S(C)(=O)=O)c(OC)cc1Cl. The predicted octanol–water partition coefficient (Wildman–Crippen LogP) is 1.34. The van der Waals surface area contributed by atoms with E-state index >= 15 is 0 Å². The Morgan fingerprint density at radius 1 is 1.05 bits per heavy atom. The second-order valence-electron chi connectivity index (χ2n) is 8.11. The number of benzene rings is 2. The molecule has 0 radical (unpaired) electrons. The van der Waals surface area contributed by atoms with E-state index in [0.717, 1.165) is 10.6 Å². The molecule has 1 fully saturated rings. The van der Waals surface area contributed by atoms with E-state index in [9.17, 15) is 21.6 Å². The molecule has 1 aliphatic rings. The van der Waals surface area contributed by atoms with Crippen LogP contribution in [0.4, 0.5) is 5.69 Å². The third-order valence-corrected chi connectivity index (χ3v) is 8.87. The maximum Gasteiger partial charge on any atom is 0.243 e. The van der Waals surface area contributed by atoms with Crippen LogP contribution in [0.25, 0.3) is 0 Å². The Labute approximate surface area is 227 Å². The van der Waals surface area contributed by atoms with Crippen LogP contribution in [0.2, 0.25) is 5.02 Å². The van der Waals surface area contributed by atoms with Crippen molar-refractivity contribution in [1.29, 1.82) is 0 Å². The number of hydrogen-bond acceptors (Lipinski definition) is 9. The summed E-state index contributed by atoms with van der Waals surface area (Å²) in [4.78, 5) is 12.7. The van der Waals surface area contributed by atoms with Gasteiger partial charge in [-0.25, -0.2) is 16.8 Å². The third-order valence-electron chi connectivity index (χ3n) is 5.53. The second kappa shape index (κ2) is 12.8. The zero-order valence-corrected chi connectivity index (χ0v) is 23.6. The van der Waals surface area contributed by atoms with Gasteiger partial charge in [0.05, 0.1) is 55.8 Å². The number of carbonyl (C=O) groups is 1. The van der Waals surface area contributed by atoms with Gasteiger partial charge in [0.1, 0.15) is 30.4 Å². The van der Waals surface area contributed by atoms with Crippen molar-refractivity contribution in [2.75, 3.05) is 70.8 Å². The fourth-order valence-corrected chi connectivity index (χ4v) is 6.10. The van der Waals surface area contributed by atoms with E-state index in [-0.39, 0.29) is 40.3 Å². The van der Waals surface area contributed by atoms with Crippen molar-refractivity contribution in [3.8, 4) is 17.2 Å². The summed E-state index contributed by atoms with van der Waals surface area (Å²) in [5.41, 5.74) is 0.0924. The normalized spacial score (nSPS) is 14.5. The van der Waals surface area contributed by atoms with E-state index in [4.69, 9.17) is 30.5 Å². The van der Waals surface area contributed by atoms with Gasteiger partial charge in [-0.05, 0) is 24.3 Å². The number of sulfonamides is 2. The zero-order valence-electron chi connectivity index (χ0n) is 21.2. The van der Waals surface area contributed by atoms with E-state index in [0.29, 0.717) is 32.1 Å². The summed E-state index contributed by atoms with van der Waals surface area (Å²) in [7, 11) is -4.76. The average molecular weight is 592 g/mol. The molecule has 0 atom stereocenters. The number of anilines is 1. The minimum absolute atomic E-state index is 0.0677. The molecule has 210 valence electrons. The Morgan fingerprint density at radius 2 is 1.68 bits per heavy atom. The van der Waals surface area contributed by atoms with E-state index in [1.807, 2.05) is 0 Å². The number of nitrogens with one attached hydrogen (secondary N) is 1. The molecule has 1 heterocycles. The van der Waals surface area contributed by atoms with Crippen LogP contribution in [0, 0.1) is 0 Å². The number of halogens is 1. The number of nitrogens with zero attached hydrogens (tertiary/aromatic N) is 2. The number of morpholine rings is 1. The van der Waals surface area contributed by atoms with Crippen LogP contribution < -0.4 is 23.8 Å². The smallest absolute Gasteiger partial charge is 0.243 e. The van der Waals surface area contributed by atoms with Gasteiger partial charge in [0, 0.05) is 25.2 Å². The maximum absolute atomic E-state index is 12.7. The molecule has 1 amide bonds. The van der Waals surface area contributed by atoms with Crippen molar-refractivity contribution in [2.45, 2.75) is 4.90 Å². The number of hydrogen-bond donors (Lipinski definition) is 1. The van der Waals surface area contributed by atoms with E-state index < -0.39 is 32.5 Å². The Hall–Kier alpha value is -2.78. The number of carbonyl (C=O) groups excluding carboxylic acids is 1. The molecule has 1 N–H and O–H groups in total. The quantitative estimate of drug-likeness (QED) is 0.362. The Bertz CT molecular complexity index is 1330. The first-order valence-corrected chi connectivity index (χ1v) is 15.1. The van der Waals surface area contributed by atoms with Gasteiger partial charge in [-0.3, -0.25) is 9.10 Å². The minimum Gasteiger partial charge on any atom is -0.495 e. The van der Waals surface area contributed by atoms with Crippen LogP contribution in [0.3, 0.4) is 0 Å². The highest BCUT2D eigenvalue weighted by Crippen LogP contribution is 2.38. The van der Waals surface area contributed by atoms with Crippen molar-refractivity contribution in [2.24, 2.45) is 0 Å². The lowest BCUT2D eigenvalue weighted by Gasteiger charge is -2.26. The van der Waals surface area contributed by atoms with Crippen LogP contribution in [0.1, 0.15) is 0 Å². The summed E-state index contributed by atoms with van der Waals surface area (Å²) in [5, 5.41) is 2.82. The van der Waals surface area contributed by atoms with Crippen molar-refractivity contribution in [3.63, 3.8) is 0 Å². The highest BCUT2D eigenvalue weighted by molar-refractivity contribution is 7.92. The van der Waals surface area contributed by atoms with Gasteiger partial charge in [0.2, 0.25) is 26.0 Å². The lowest BCUT2D eigenvalue weighted by molar-refractivity contribution is -0.119. The van der Waals surface area contributed by atoms with Crippen LogP contribution in [-0.4, -0.2) is 93.5 Å². The molecular formula is C23H30ClN3O9S2. The first kappa shape index (κ1) is 29.8. The van der Waals surface area contributed by atoms with E-state index in [1.54, 1.807) is 0 Å². The number of rotatable bonds is 12. The monoisotopic (exact) mass is 591 g/mol. The van der Waals surface area contributed by atoms with E-state index in [2.05, 4.69) is 5.32 Å². The van der Waals surface area contributed by atoms with Crippen molar-refractivity contribution in [1.82, 2.24) is 9.62 Å². The molecule has 1 saturated heterocycles. The van der Waals surface area contributed by atoms with Gasteiger partial charge < -0.3 is 24.3 Å². The number of amides is 1. The molecule has 15 heteroatoms. The van der Waals surface area contributed by atoms with Gasteiger partial charge in [-0.1, -0.05) is 11.6 Å². The highest BCUT2D eigenvalue weighted by Gasteiger charge is 2.27. The van der Waals surface area contributed by atoms with Crippen LogP contribution in [-0.2, 0) is 29.6 Å². The number of methoxy groups -OCH3 is 2. The summed E-state index contributed by atoms with van der Waals surface area (Å²) in [6.07, 6.45) is 0.965. The van der Waals surface area contributed by atoms with Gasteiger partial charge in [-0.2, -0.15) is 4.31 Å². The largest absolute Gasteiger partial charge is 0.495 e. The molecule has 38 heavy (non-hydrogen) atoms. The first-order valence-electron chi connectivity index (χ1n) is 11.4. The fourth-order valence-electron chi connectivity index (χ4n) is 3.61. The molecular weight excluding hydrogens is 562 g/mol. The molecule has 0 unspecified atom stereocenters. The Kier molecular flexibility index (Phi) is 10.1. The molecule has 0 bridgehead atoms. The van der Waals surface area contributed by atoms with Crippen molar-refractivity contribution < 1.29 is 40.6 Å². The summed E-state index contributed by atoms with van der Waals surface area (Å²) in [6.45, 7) is 0.938. The molecule has 3 rings (SSSR count). The van der Waals surface area contributed by atoms with Gasteiger partial charge >= 0.3 is 0 Å². The van der Waals surface area contributed by atoms with Gasteiger partial charge in [0.15, 0.2) is 0 Å². The summed E-state index contributed by atoms with van der Waals surface area (Å²) in [5.74, 6) is 0.197. The molecule has 2 aromatic rings. The van der Waals surface area contributed by atoms with Crippen LogP contribution in [0.15, 0.2) is 41.3 Å². The van der Waals surface area contributed by atoms with E-state index in [1.165, 1.54) is 54.9 Å². The molecule has 2 aromatic carbocycles. The minimum atomic E-state index is -3.88. The van der Waals surface area contributed by atoms with Gasteiger partial charge in [-0.15, -0.1) is 0 Å². The highest BCUT2D eigenvalue weighted by atomic mass is 35.5.